The maximum atomic E-state index is 12.9. The summed E-state index contributed by atoms with van der Waals surface area (Å²) in [4.78, 5) is 19.2. The number of carbonyl (C=O) groups excluding carboxylic acids is 1. The van der Waals surface area contributed by atoms with E-state index in [9.17, 15) is 18.0 Å². The van der Waals surface area contributed by atoms with Gasteiger partial charge in [-0.25, -0.2) is 0 Å². The Bertz CT molecular complexity index is 1030. The molecular formula is C23H22F3N3O2. The standard InChI is InChI=1S/C23H22F3N3O2/c24-23(25,26)17-5-3-4-16(14-17)20-7-8-21(31-20)22(30)28-18-9-12-29(13-10-18)15-19-6-1-2-11-27-19/h1-8,11,14,18H,9-10,12-13,15H2,(H,28,30). The number of amides is 1. The van der Waals surface area contributed by atoms with Crippen molar-refractivity contribution in [2.75, 3.05) is 13.1 Å². The molecule has 4 rings (SSSR count). The number of pyridine rings is 1. The fraction of sp³-hybridized carbons (Fsp3) is 0.304. The minimum atomic E-state index is -4.44. The fourth-order valence-corrected chi connectivity index (χ4v) is 3.68. The molecule has 0 saturated carbocycles. The number of rotatable bonds is 5. The molecule has 0 atom stereocenters. The van der Waals surface area contributed by atoms with Crippen LogP contribution in [0.15, 0.2) is 65.2 Å². The van der Waals surface area contributed by atoms with Gasteiger partial charge in [0.05, 0.1) is 11.3 Å². The zero-order valence-corrected chi connectivity index (χ0v) is 16.7. The molecule has 1 amide bonds. The number of nitrogens with zero attached hydrogens (tertiary/aromatic N) is 2. The Morgan fingerprint density at radius 3 is 2.61 bits per heavy atom. The fourth-order valence-electron chi connectivity index (χ4n) is 3.68. The summed E-state index contributed by atoms with van der Waals surface area (Å²) in [6.45, 7) is 2.46. The highest BCUT2D eigenvalue weighted by molar-refractivity contribution is 5.92. The topological polar surface area (TPSA) is 58.4 Å². The normalized spacial score (nSPS) is 15.7. The van der Waals surface area contributed by atoms with Crippen LogP contribution in [0.25, 0.3) is 11.3 Å². The van der Waals surface area contributed by atoms with Crippen LogP contribution in [0.4, 0.5) is 13.2 Å². The molecular weight excluding hydrogens is 407 g/mol. The highest BCUT2D eigenvalue weighted by Crippen LogP contribution is 2.32. The maximum absolute atomic E-state index is 12.9. The van der Waals surface area contributed by atoms with Crippen molar-refractivity contribution in [2.45, 2.75) is 31.6 Å². The summed E-state index contributed by atoms with van der Waals surface area (Å²) in [5.74, 6) is -0.0499. The van der Waals surface area contributed by atoms with Gasteiger partial charge in [-0.2, -0.15) is 13.2 Å². The molecule has 8 heteroatoms. The summed E-state index contributed by atoms with van der Waals surface area (Å²) in [7, 11) is 0. The lowest BCUT2D eigenvalue weighted by molar-refractivity contribution is -0.137. The molecule has 0 aliphatic carbocycles. The van der Waals surface area contributed by atoms with Crippen LogP contribution in [-0.4, -0.2) is 34.9 Å². The highest BCUT2D eigenvalue weighted by Gasteiger charge is 2.30. The lowest BCUT2D eigenvalue weighted by Gasteiger charge is -2.31. The molecule has 0 bridgehead atoms. The molecule has 0 unspecified atom stereocenters. The molecule has 3 heterocycles. The largest absolute Gasteiger partial charge is 0.451 e. The van der Waals surface area contributed by atoms with E-state index < -0.39 is 11.7 Å². The SMILES string of the molecule is O=C(NC1CCN(Cc2ccccn2)CC1)c1ccc(-c2cccc(C(F)(F)F)c2)o1. The zero-order valence-electron chi connectivity index (χ0n) is 16.7. The van der Waals surface area contributed by atoms with Gasteiger partial charge in [0.25, 0.3) is 5.91 Å². The Morgan fingerprint density at radius 1 is 1.10 bits per heavy atom. The summed E-state index contributed by atoms with van der Waals surface area (Å²) < 4.78 is 44.3. The van der Waals surface area contributed by atoms with E-state index in [2.05, 4.69) is 15.2 Å². The van der Waals surface area contributed by atoms with Gasteiger partial charge < -0.3 is 9.73 Å². The van der Waals surface area contributed by atoms with Gasteiger partial charge in [0, 0.05) is 37.4 Å². The van der Waals surface area contributed by atoms with Crippen molar-refractivity contribution in [3.63, 3.8) is 0 Å². The Labute approximate surface area is 177 Å². The second-order valence-electron chi connectivity index (χ2n) is 7.59. The number of halogens is 3. The van der Waals surface area contributed by atoms with Gasteiger partial charge in [-0.15, -0.1) is 0 Å². The van der Waals surface area contributed by atoms with E-state index in [0.717, 1.165) is 50.3 Å². The molecule has 0 spiro atoms. The van der Waals surface area contributed by atoms with Crippen molar-refractivity contribution < 1.29 is 22.4 Å². The summed E-state index contributed by atoms with van der Waals surface area (Å²) in [6.07, 6.45) is -1.05. The quantitative estimate of drug-likeness (QED) is 0.636. The first-order valence-corrected chi connectivity index (χ1v) is 10.1. The van der Waals surface area contributed by atoms with Crippen molar-refractivity contribution >= 4 is 5.91 Å². The summed E-state index contributed by atoms with van der Waals surface area (Å²) in [5, 5.41) is 2.97. The molecule has 1 N–H and O–H groups in total. The number of piperidine rings is 1. The summed E-state index contributed by atoms with van der Waals surface area (Å²) in [6, 6.07) is 13.7. The molecule has 1 aliphatic heterocycles. The van der Waals surface area contributed by atoms with E-state index in [1.165, 1.54) is 24.3 Å². The minimum absolute atomic E-state index is 0.0228. The van der Waals surface area contributed by atoms with Crippen LogP contribution in [0, 0.1) is 0 Å². The third-order valence-electron chi connectivity index (χ3n) is 5.34. The number of benzene rings is 1. The first-order chi connectivity index (χ1) is 14.9. The Hall–Kier alpha value is -3.13. The van der Waals surface area contributed by atoms with Crippen molar-refractivity contribution in [1.29, 1.82) is 0 Å². The van der Waals surface area contributed by atoms with Gasteiger partial charge >= 0.3 is 6.18 Å². The highest BCUT2D eigenvalue weighted by atomic mass is 19.4. The van der Waals surface area contributed by atoms with Gasteiger partial charge in [0.2, 0.25) is 0 Å². The second kappa shape index (κ2) is 8.93. The molecule has 2 aromatic heterocycles. The molecule has 1 fully saturated rings. The van der Waals surface area contributed by atoms with Crippen LogP contribution in [0.1, 0.15) is 34.7 Å². The van der Waals surface area contributed by atoms with Gasteiger partial charge in [0.15, 0.2) is 5.76 Å². The maximum Gasteiger partial charge on any atom is 0.416 e. The number of alkyl halides is 3. The van der Waals surface area contributed by atoms with Crippen LogP contribution < -0.4 is 5.32 Å². The van der Waals surface area contributed by atoms with E-state index >= 15 is 0 Å². The average Bonchev–Trinajstić information content (AvgIpc) is 3.26. The first-order valence-electron chi connectivity index (χ1n) is 10.1. The second-order valence-corrected chi connectivity index (χ2v) is 7.59. The molecule has 3 aromatic rings. The van der Waals surface area contributed by atoms with E-state index in [4.69, 9.17) is 4.42 Å². The molecule has 31 heavy (non-hydrogen) atoms. The van der Waals surface area contributed by atoms with Crippen molar-refractivity contribution in [2.24, 2.45) is 0 Å². The number of likely N-dealkylation sites (tertiary alicyclic amines) is 1. The Kier molecular flexibility index (Phi) is 6.08. The van der Waals surface area contributed by atoms with Gasteiger partial charge in [-0.1, -0.05) is 18.2 Å². The summed E-state index contributed by atoms with van der Waals surface area (Å²) >= 11 is 0. The molecule has 5 nitrogen and oxygen atoms in total. The van der Waals surface area contributed by atoms with Crippen molar-refractivity contribution in [1.82, 2.24) is 15.2 Å². The van der Waals surface area contributed by atoms with E-state index in [1.807, 2.05) is 18.2 Å². The number of carbonyl (C=O) groups is 1. The molecule has 1 aliphatic rings. The predicted molar refractivity (Wildman–Crippen MR) is 109 cm³/mol. The van der Waals surface area contributed by atoms with Gasteiger partial charge in [-0.05, 0) is 49.2 Å². The zero-order chi connectivity index (χ0) is 21.8. The minimum Gasteiger partial charge on any atom is -0.451 e. The molecule has 0 radical (unpaired) electrons. The summed E-state index contributed by atoms with van der Waals surface area (Å²) in [5.41, 5.74) is 0.532. The van der Waals surface area contributed by atoms with Crippen LogP contribution in [0.2, 0.25) is 0 Å². The van der Waals surface area contributed by atoms with Crippen molar-refractivity contribution in [3.05, 3.63) is 77.8 Å². The Morgan fingerprint density at radius 2 is 1.90 bits per heavy atom. The monoisotopic (exact) mass is 429 g/mol. The third-order valence-corrected chi connectivity index (χ3v) is 5.34. The predicted octanol–water partition coefficient (Wildman–Crippen LogP) is 4.75. The van der Waals surface area contributed by atoms with Crippen LogP contribution in [0.3, 0.4) is 0 Å². The van der Waals surface area contributed by atoms with E-state index in [-0.39, 0.29) is 29.0 Å². The van der Waals surface area contributed by atoms with E-state index in [1.54, 1.807) is 6.20 Å². The number of aromatic nitrogens is 1. The molecule has 1 aromatic carbocycles. The van der Waals surface area contributed by atoms with Gasteiger partial charge in [0.1, 0.15) is 5.76 Å². The van der Waals surface area contributed by atoms with Gasteiger partial charge in [-0.3, -0.25) is 14.7 Å². The lowest BCUT2D eigenvalue weighted by atomic mass is 10.0. The number of nitrogens with one attached hydrogen (secondary N) is 1. The average molecular weight is 429 g/mol. The van der Waals surface area contributed by atoms with Crippen LogP contribution in [0.5, 0.6) is 0 Å². The van der Waals surface area contributed by atoms with Crippen LogP contribution >= 0.6 is 0 Å². The van der Waals surface area contributed by atoms with Crippen LogP contribution in [-0.2, 0) is 12.7 Å². The van der Waals surface area contributed by atoms with Crippen molar-refractivity contribution in [3.8, 4) is 11.3 Å². The molecule has 1 saturated heterocycles. The van der Waals surface area contributed by atoms with E-state index in [0.29, 0.717) is 0 Å². The number of furan rings is 1. The smallest absolute Gasteiger partial charge is 0.416 e. The Balaban J connectivity index is 1.33. The lowest BCUT2D eigenvalue weighted by Crippen LogP contribution is -2.44. The third kappa shape index (κ3) is 5.32. The number of hydrogen-bond donors (Lipinski definition) is 1. The number of hydrogen-bond acceptors (Lipinski definition) is 4. The first kappa shape index (κ1) is 21.1. The molecule has 162 valence electrons.